The van der Waals surface area contributed by atoms with Gasteiger partial charge in [0.05, 0.1) is 17.3 Å². The summed E-state index contributed by atoms with van der Waals surface area (Å²) in [6.45, 7) is 0.933. The predicted molar refractivity (Wildman–Crippen MR) is 198 cm³/mol. The molecule has 266 valence electrons. The summed E-state index contributed by atoms with van der Waals surface area (Å²) >= 11 is 0. The summed E-state index contributed by atoms with van der Waals surface area (Å²) in [5, 5.41) is 14.1. The number of carbonyl (C=O) groups excluding carboxylic acids is 2. The van der Waals surface area contributed by atoms with Crippen LogP contribution in [0.5, 0.6) is 5.88 Å². The molecule has 13 nitrogen and oxygen atoms in total. The molecular formula is C37H43ClN10O3. The number of anilines is 2. The van der Waals surface area contributed by atoms with E-state index in [1.54, 1.807) is 30.5 Å². The van der Waals surface area contributed by atoms with E-state index in [2.05, 4.69) is 30.6 Å². The second kappa shape index (κ2) is 17.1. The first kappa shape index (κ1) is 37.0. The molecule has 1 atom stereocenters. The molecule has 1 aliphatic carbocycles. The van der Waals surface area contributed by atoms with Crippen molar-refractivity contribution >= 4 is 35.9 Å². The monoisotopic (exact) mass is 710 g/mol. The van der Waals surface area contributed by atoms with E-state index < -0.39 is 11.9 Å². The molecule has 5 aromatic rings. The van der Waals surface area contributed by atoms with Gasteiger partial charge >= 0.3 is 0 Å². The average Bonchev–Trinajstić information content (AvgIpc) is 3.70. The number of nitrogens with two attached hydrogens (primary N) is 2. The fourth-order valence-corrected chi connectivity index (χ4v) is 6.21. The number of amides is 2. The fraction of sp³-hybridized carbons (Fsp3) is 0.324. The minimum Gasteiger partial charge on any atom is -0.472 e. The first-order valence-corrected chi connectivity index (χ1v) is 16.8. The van der Waals surface area contributed by atoms with Crippen LogP contribution in [-0.4, -0.2) is 69.1 Å². The Kier molecular flexibility index (Phi) is 12.4. The Bertz CT molecular complexity index is 1880. The number of H-pyrrole nitrogens is 1. The van der Waals surface area contributed by atoms with E-state index >= 15 is 0 Å². The molecule has 2 amide bonds. The van der Waals surface area contributed by atoms with E-state index in [1.165, 1.54) is 4.90 Å². The number of benzene rings is 3. The molecule has 2 heterocycles. The van der Waals surface area contributed by atoms with Crippen molar-refractivity contribution in [3.8, 4) is 28.4 Å². The Morgan fingerprint density at radius 3 is 2.33 bits per heavy atom. The van der Waals surface area contributed by atoms with Gasteiger partial charge in [-0.3, -0.25) is 9.59 Å². The number of aromatic nitrogens is 6. The number of ether oxygens (including phenoxy) is 1. The number of nitrogens with one attached hydrogen (secondary N) is 1. The molecule has 1 fully saturated rings. The number of halogens is 1. The number of rotatable bonds is 12. The highest BCUT2D eigenvalue weighted by molar-refractivity contribution is 6.17. The third kappa shape index (κ3) is 8.92. The molecule has 1 saturated carbocycles. The van der Waals surface area contributed by atoms with Crippen LogP contribution < -0.4 is 26.0 Å². The zero-order chi connectivity index (χ0) is 35.0. The molecular weight excluding hydrogens is 668 g/mol. The molecule has 14 heteroatoms. The van der Waals surface area contributed by atoms with Gasteiger partial charge in [0.1, 0.15) is 6.61 Å². The second-order valence-electron chi connectivity index (χ2n) is 12.8. The van der Waals surface area contributed by atoms with Gasteiger partial charge in [0, 0.05) is 31.8 Å². The lowest BCUT2D eigenvalue weighted by atomic mass is 9.81. The van der Waals surface area contributed by atoms with Crippen LogP contribution in [0, 0.1) is 11.8 Å². The molecule has 0 aliphatic heterocycles. The van der Waals surface area contributed by atoms with Crippen LogP contribution >= 0.6 is 12.4 Å². The topological polar surface area (TPSA) is 182 Å². The number of tetrazole rings is 1. The Balaban J connectivity index is 0.00000504. The van der Waals surface area contributed by atoms with Crippen molar-refractivity contribution in [3.63, 3.8) is 0 Å². The molecule has 5 N–H and O–H groups in total. The maximum absolute atomic E-state index is 14.2. The highest BCUT2D eigenvalue weighted by atomic mass is 35.5. The van der Waals surface area contributed by atoms with Crippen molar-refractivity contribution in [3.05, 3.63) is 96.2 Å². The van der Waals surface area contributed by atoms with Crippen LogP contribution in [0.3, 0.4) is 0 Å². The highest BCUT2D eigenvalue weighted by Crippen LogP contribution is 2.33. The summed E-state index contributed by atoms with van der Waals surface area (Å²) in [6.07, 6.45) is 4.98. The van der Waals surface area contributed by atoms with E-state index in [-0.39, 0.29) is 30.7 Å². The molecule has 51 heavy (non-hydrogen) atoms. The van der Waals surface area contributed by atoms with Crippen molar-refractivity contribution in [1.82, 2.24) is 30.6 Å². The summed E-state index contributed by atoms with van der Waals surface area (Å²) in [5.74, 6) is 0.740. The van der Waals surface area contributed by atoms with Gasteiger partial charge in [-0.25, -0.2) is 9.88 Å². The van der Waals surface area contributed by atoms with E-state index in [9.17, 15) is 9.59 Å². The molecule has 0 unspecified atom stereocenters. The molecule has 0 bridgehead atoms. The summed E-state index contributed by atoms with van der Waals surface area (Å²) < 4.78 is 6.22. The van der Waals surface area contributed by atoms with E-state index in [4.69, 9.17) is 16.2 Å². The first-order chi connectivity index (χ1) is 24.3. The molecule has 6 rings (SSSR count). The lowest BCUT2D eigenvalue weighted by Gasteiger charge is -2.32. The number of nitrogens with zero attached hydrogens (tertiary/aromatic N) is 7. The maximum Gasteiger partial charge on any atom is 0.251 e. The number of aromatic amines is 1. The smallest absolute Gasteiger partial charge is 0.251 e. The molecule has 0 spiro atoms. The van der Waals surface area contributed by atoms with Gasteiger partial charge in [0.2, 0.25) is 23.6 Å². The number of hydrogen-bond donors (Lipinski definition) is 3. The van der Waals surface area contributed by atoms with Crippen molar-refractivity contribution in [2.75, 3.05) is 30.4 Å². The van der Waals surface area contributed by atoms with Crippen LogP contribution in [0.4, 0.5) is 11.6 Å². The Morgan fingerprint density at radius 1 is 0.941 bits per heavy atom. The largest absolute Gasteiger partial charge is 0.472 e. The summed E-state index contributed by atoms with van der Waals surface area (Å²) in [6, 6.07) is 23.5. The maximum atomic E-state index is 14.2. The van der Waals surface area contributed by atoms with Gasteiger partial charge < -0.3 is 21.1 Å². The molecule has 0 radical (unpaired) electrons. The van der Waals surface area contributed by atoms with Gasteiger partial charge in [-0.05, 0) is 90.7 Å². The average molecular weight is 711 g/mol. The quantitative estimate of drug-likeness (QED) is 0.165. The standard InChI is InChI=1S/C37H42N10O3.ClH/c1-46(2)37-40-22-31(34(41-37)50-23-25-7-4-3-5-8-25)29-10-6-9-26(19-29)20-32(39)36(49)47(35(48)28-13-11-24(21-38)12-14-28)30-17-15-27(16-18-30)33-42-44-45-43-33;/h3-10,15-19,22,24,28,32H,11-14,20-21,23,38-39H2,1-2H3,(H,42,43,44,45);1H/t24?,28?,32-;/m0./s1. The lowest BCUT2D eigenvalue weighted by molar-refractivity contribution is -0.130. The van der Waals surface area contributed by atoms with Crippen LogP contribution in [0.25, 0.3) is 22.5 Å². The van der Waals surface area contributed by atoms with Crippen molar-refractivity contribution in [2.45, 2.75) is 44.8 Å². The van der Waals surface area contributed by atoms with Crippen LogP contribution in [-0.2, 0) is 22.6 Å². The molecule has 2 aromatic heterocycles. The third-order valence-corrected chi connectivity index (χ3v) is 9.07. The van der Waals surface area contributed by atoms with E-state index in [0.29, 0.717) is 66.4 Å². The lowest BCUT2D eigenvalue weighted by Crippen LogP contribution is -2.50. The third-order valence-electron chi connectivity index (χ3n) is 9.07. The number of hydrogen-bond acceptors (Lipinski definition) is 11. The normalized spacial score (nSPS) is 16.1. The van der Waals surface area contributed by atoms with Gasteiger partial charge in [-0.1, -0.05) is 54.6 Å². The van der Waals surface area contributed by atoms with Crippen LogP contribution in [0.15, 0.2) is 85.1 Å². The zero-order valence-corrected chi connectivity index (χ0v) is 29.5. The second-order valence-corrected chi connectivity index (χ2v) is 12.8. The Labute approximate surface area is 303 Å². The van der Waals surface area contributed by atoms with Crippen molar-refractivity contribution < 1.29 is 14.3 Å². The highest BCUT2D eigenvalue weighted by Gasteiger charge is 2.35. The molecule has 1 aliphatic rings. The predicted octanol–water partition coefficient (Wildman–Crippen LogP) is 4.59. The van der Waals surface area contributed by atoms with E-state index in [1.807, 2.05) is 73.6 Å². The SMILES string of the molecule is CN(C)c1ncc(-c2cccc(C[C@H](N)C(=O)N(C(=O)C3CCC(CN)CC3)c3ccc(-c4nn[nH]n4)cc3)c2)c(OCc2ccccc2)n1.Cl. The Morgan fingerprint density at radius 2 is 1.67 bits per heavy atom. The van der Waals surface area contributed by atoms with Crippen LogP contribution in [0.1, 0.15) is 36.8 Å². The minimum absolute atomic E-state index is 0. The first-order valence-electron chi connectivity index (χ1n) is 16.8. The molecule has 0 saturated heterocycles. The van der Waals surface area contributed by atoms with Crippen molar-refractivity contribution in [2.24, 2.45) is 23.3 Å². The number of imide groups is 1. The Hall–Kier alpha value is -5.24. The van der Waals surface area contributed by atoms with Crippen LogP contribution in [0.2, 0.25) is 0 Å². The van der Waals surface area contributed by atoms with Gasteiger partial charge in [-0.2, -0.15) is 10.2 Å². The number of carbonyl (C=O) groups is 2. The van der Waals surface area contributed by atoms with Gasteiger partial charge in [0.25, 0.3) is 5.91 Å². The summed E-state index contributed by atoms with van der Waals surface area (Å²) in [4.78, 5) is 40.5. The zero-order valence-electron chi connectivity index (χ0n) is 28.7. The summed E-state index contributed by atoms with van der Waals surface area (Å²) in [5.41, 5.74) is 17.0. The summed E-state index contributed by atoms with van der Waals surface area (Å²) in [7, 11) is 3.74. The van der Waals surface area contributed by atoms with Gasteiger partial charge in [-0.15, -0.1) is 22.6 Å². The van der Waals surface area contributed by atoms with Crippen molar-refractivity contribution in [1.29, 1.82) is 0 Å². The van der Waals surface area contributed by atoms with E-state index in [0.717, 1.165) is 29.5 Å². The molecule has 3 aromatic carbocycles. The fourth-order valence-electron chi connectivity index (χ4n) is 6.21. The minimum atomic E-state index is -0.993. The van der Waals surface area contributed by atoms with Gasteiger partial charge in [0.15, 0.2) is 0 Å².